The van der Waals surface area contributed by atoms with Crippen molar-refractivity contribution in [2.75, 3.05) is 6.54 Å². The molecule has 3 nitrogen and oxygen atoms in total. The standard InChI is InChI=1S/C24H27F3N2O/c1-4-16-8-7-10-18-20(14-29-23(16)18)19(12-22(30)28-13-15(2)3)17-9-5-6-11-21(17)24(25,26)27/h5-11,14-15,19,29H,4,12-13H2,1-3H3,(H,28,30)/t19-/m0/s1. The lowest BCUT2D eigenvalue weighted by Gasteiger charge is -2.22. The first-order valence-corrected chi connectivity index (χ1v) is 10.2. The van der Waals surface area contributed by atoms with Gasteiger partial charge in [-0.2, -0.15) is 13.2 Å². The van der Waals surface area contributed by atoms with Crippen molar-refractivity contribution in [3.05, 3.63) is 70.9 Å². The highest BCUT2D eigenvalue weighted by molar-refractivity contribution is 5.88. The molecule has 0 aliphatic rings. The number of H-pyrrole nitrogens is 1. The van der Waals surface area contributed by atoms with Gasteiger partial charge in [-0.25, -0.2) is 0 Å². The van der Waals surface area contributed by atoms with Gasteiger partial charge in [-0.15, -0.1) is 0 Å². The molecule has 2 N–H and O–H groups in total. The van der Waals surface area contributed by atoms with Gasteiger partial charge in [-0.1, -0.05) is 57.2 Å². The number of amides is 1. The van der Waals surface area contributed by atoms with Gasteiger partial charge in [0, 0.05) is 36.0 Å². The number of carbonyl (C=O) groups excluding carboxylic acids is 1. The molecule has 0 saturated heterocycles. The van der Waals surface area contributed by atoms with Crippen LogP contribution >= 0.6 is 0 Å². The predicted molar refractivity (Wildman–Crippen MR) is 113 cm³/mol. The van der Waals surface area contributed by atoms with E-state index < -0.39 is 17.7 Å². The molecule has 0 aliphatic heterocycles. The lowest BCUT2D eigenvalue weighted by molar-refractivity contribution is -0.138. The average molecular weight is 416 g/mol. The van der Waals surface area contributed by atoms with E-state index in [-0.39, 0.29) is 23.8 Å². The second kappa shape index (κ2) is 8.94. The SMILES string of the molecule is CCc1cccc2c([C@@H](CC(=O)NCC(C)C)c3ccccc3C(F)(F)F)c[nH]c12. The Bertz CT molecular complexity index is 1020. The summed E-state index contributed by atoms with van der Waals surface area (Å²) in [6.07, 6.45) is -2.00. The minimum atomic E-state index is -4.50. The van der Waals surface area contributed by atoms with Crippen molar-refractivity contribution < 1.29 is 18.0 Å². The van der Waals surface area contributed by atoms with Crippen LogP contribution in [0.4, 0.5) is 13.2 Å². The van der Waals surface area contributed by atoms with E-state index in [1.807, 2.05) is 39.0 Å². The first-order valence-electron chi connectivity index (χ1n) is 10.2. The average Bonchev–Trinajstić information content (AvgIpc) is 3.14. The molecule has 0 saturated carbocycles. The van der Waals surface area contributed by atoms with Crippen molar-refractivity contribution in [2.24, 2.45) is 5.92 Å². The lowest BCUT2D eigenvalue weighted by atomic mass is 9.84. The second-order valence-electron chi connectivity index (χ2n) is 7.98. The van der Waals surface area contributed by atoms with Gasteiger partial charge in [0.25, 0.3) is 0 Å². The molecule has 0 radical (unpaired) electrons. The van der Waals surface area contributed by atoms with Gasteiger partial charge in [0.15, 0.2) is 0 Å². The maximum absolute atomic E-state index is 13.8. The Labute approximate surface area is 174 Å². The van der Waals surface area contributed by atoms with Gasteiger partial charge in [0.2, 0.25) is 5.91 Å². The highest BCUT2D eigenvalue weighted by atomic mass is 19.4. The Kier molecular flexibility index (Phi) is 6.54. The number of halogens is 3. The van der Waals surface area contributed by atoms with Gasteiger partial charge in [0.05, 0.1) is 5.56 Å². The summed E-state index contributed by atoms with van der Waals surface area (Å²) in [5.41, 5.74) is 2.12. The van der Waals surface area contributed by atoms with Gasteiger partial charge < -0.3 is 10.3 Å². The molecule has 1 heterocycles. The van der Waals surface area contributed by atoms with Crippen molar-refractivity contribution in [1.82, 2.24) is 10.3 Å². The number of aromatic nitrogens is 1. The number of nitrogens with one attached hydrogen (secondary N) is 2. The fraction of sp³-hybridized carbons (Fsp3) is 0.375. The molecule has 1 amide bonds. The van der Waals surface area contributed by atoms with Crippen LogP contribution in [0.1, 0.15) is 55.4 Å². The molecule has 6 heteroatoms. The molecule has 3 rings (SSSR count). The number of hydrogen-bond donors (Lipinski definition) is 2. The topological polar surface area (TPSA) is 44.9 Å². The minimum Gasteiger partial charge on any atom is -0.361 e. The Morgan fingerprint density at radius 3 is 2.47 bits per heavy atom. The summed E-state index contributed by atoms with van der Waals surface area (Å²) < 4.78 is 41.3. The minimum absolute atomic E-state index is 0.0525. The molecule has 160 valence electrons. The van der Waals surface area contributed by atoms with Crippen LogP contribution in [0.2, 0.25) is 0 Å². The Morgan fingerprint density at radius 2 is 1.80 bits per heavy atom. The molecule has 0 bridgehead atoms. The van der Waals surface area contributed by atoms with Crippen molar-refractivity contribution in [3.63, 3.8) is 0 Å². The number of rotatable bonds is 7. The third-order valence-corrected chi connectivity index (χ3v) is 5.33. The predicted octanol–water partition coefficient (Wildman–Crippen LogP) is 6.04. The summed E-state index contributed by atoms with van der Waals surface area (Å²) in [5.74, 6) is -0.711. The van der Waals surface area contributed by atoms with Gasteiger partial charge in [-0.05, 0) is 35.1 Å². The number of alkyl halides is 3. The number of fused-ring (bicyclic) bond motifs is 1. The third-order valence-electron chi connectivity index (χ3n) is 5.33. The molecule has 30 heavy (non-hydrogen) atoms. The molecular weight excluding hydrogens is 389 g/mol. The molecular formula is C24H27F3N2O. The second-order valence-corrected chi connectivity index (χ2v) is 7.98. The number of aryl methyl sites for hydroxylation is 1. The number of benzene rings is 2. The number of carbonyl (C=O) groups is 1. The van der Waals surface area contributed by atoms with Crippen LogP contribution in [0.3, 0.4) is 0 Å². The summed E-state index contributed by atoms with van der Waals surface area (Å²) >= 11 is 0. The van der Waals surface area contributed by atoms with Crippen molar-refractivity contribution in [3.8, 4) is 0 Å². The number of hydrogen-bond acceptors (Lipinski definition) is 1. The summed E-state index contributed by atoms with van der Waals surface area (Å²) in [4.78, 5) is 15.9. The maximum Gasteiger partial charge on any atom is 0.416 e. The van der Waals surface area contributed by atoms with E-state index in [9.17, 15) is 18.0 Å². The monoisotopic (exact) mass is 416 g/mol. The largest absolute Gasteiger partial charge is 0.416 e. The highest BCUT2D eigenvalue weighted by Gasteiger charge is 2.36. The van der Waals surface area contributed by atoms with E-state index in [0.29, 0.717) is 12.1 Å². The van der Waals surface area contributed by atoms with Crippen molar-refractivity contribution in [2.45, 2.75) is 45.7 Å². The first kappa shape index (κ1) is 21.9. The fourth-order valence-electron chi connectivity index (χ4n) is 3.84. The van der Waals surface area contributed by atoms with Gasteiger partial charge >= 0.3 is 6.18 Å². The van der Waals surface area contributed by atoms with E-state index >= 15 is 0 Å². The Morgan fingerprint density at radius 1 is 1.07 bits per heavy atom. The van der Waals surface area contributed by atoms with Crippen LogP contribution in [0, 0.1) is 5.92 Å². The molecule has 2 aromatic carbocycles. The molecule has 1 aromatic heterocycles. The summed E-state index contributed by atoms with van der Waals surface area (Å²) in [7, 11) is 0. The third kappa shape index (κ3) is 4.69. The normalized spacial score (nSPS) is 13.0. The summed E-state index contributed by atoms with van der Waals surface area (Å²) in [6.45, 7) is 6.47. The number of aromatic amines is 1. The molecule has 1 atom stereocenters. The van der Waals surface area contributed by atoms with Gasteiger partial charge in [-0.3, -0.25) is 4.79 Å². The molecule has 0 fully saturated rings. The number of para-hydroxylation sites is 1. The van der Waals surface area contributed by atoms with E-state index in [1.54, 1.807) is 12.3 Å². The molecule has 0 spiro atoms. The fourth-order valence-corrected chi connectivity index (χ4v) is 3.84. The van der Waals surface area contributed by atoms with E-state index in [0.717, 1.165) is 29.0 Å². The van der Waals surface area contributed by atoms with Crippen LogP contribution < -0.4 is 5.32 Å². The quantitative estimate of drug-likeness (QED) is 0.484. The zero-order valence-electron chi connectivity index (χ0n) is 17.4. The smallest absolute Gasteiger partial charge is 0.361 e. The highest BCUT2D eigenvalue weighted by Crippen LogP contribution is 2.41. The van der Waals surface area contributed by atoms with Crippen LogP contribution in [0.5, 0.6) is 0 Å². The van der Waals surface area contributed by atoms with Crippen LogP contribution in [-0.2, 0) is 17.4 Å². The van der Waals surface area contributed by atoms with E-state index in [2.05, 4.69) is 10.3 Å². The first-order chi connectivity index (χ1) is 14.2. The molecule has 0 aliphatic carbocycles. The van der Waals surface area contributed by atoms with E-state index in [1.165, 1.54) is 12.1 Å². The van der Waals surface area contributed by atoms with Gasteiger partial charge in [0.1, 0.15) is 0 Å². The zero-order chi connectivity index (χ0) is 21.9. The Balaban J connectivity index is 2.12. The summed E-state index contributed by atoms with van der Waals surface area (Å²) in [6, 6.07) is 11.3. The zero-order valence-corrected chi connectivity index (χ0v) is 17.4. The van der Waals surface area contributed by atoms with E-state index in [4.69, 9.17) is 0 Å². The molecule has 3 aromatic rings. The molecule has 0 unspecified atom stereocenters. The van der Waals surface area contributed by atoms with Crippen LogP contribution in [0.15, 0.2) is 48.7 Å². The van der Waals surface area contributed by atoms with Crippen molar-refractivity contribution >= 4 is 16.8 Å². The Hall–Kier alpha value is -2.76. The van der Waals surface area contributed by atoms with Crippen LogP contribution in [-0.4, -0.2) is 17.4 Å². The lowest BCUT2D eigenvalue weighted by Crippen LogP contribution is -2.29. The van der Waals surface area contributed by atoms with Crippen molar-refractivity contribution in [1.29, 1.82) is 0 Å². The summed E-state index contributed by atoms with van der Waals surface area (Å²) in [5, 5.41) is 3.70. The maximum atomic E-state index is 13.8. The van der Waals surface area contributed by atoms with Crippen LogP contribution in [0.25, 0.3) is 10.9 Å².